The number of aryl methyl sites for hydroxylation is 1. The zero-order valence-corrected chi connectivity index (χ0v) is 15.5. The van der Waals surface area contributed by atoms with E-state index in [1.165, 1.54) is 6.07 Å². The average molecular weight is 376 g/mol. The van der Waals surface area contributed by atoms with E-state index in [9.17, 15) is 13.7 Å². The lowest BCUT2D eigenvalue weighted by Crippen LogP contribution is -2.32. The number of hydrogen-bond donors (Lipinski definition) is 1. The second-order valence-electron chi connectivity index (χ2n) is 6.45. The molecule has 5 nitrogen and oxygen atoms in total. The van der Waals surface area contributed by atoms with Crippen molar-refractivity contribution in [2.24, 2.45) is 5.14 Å². The Balaban J connectivity index is 2.24. The van der Waals surface area contributed by atoms with E-state index in [0.717, 1.165) is 22.3 Å². The molecule has 1 unspecified atom stereocenters. The number of sulfonamides is 1. The molecule has 7 heteroatoms. The summed E-state index contributed by atoms with van der Waals surface area (Å²) in [6, 6.07) is 10.7. The highest BCUT2D eigenvalue weighted by Crippen LogP contribution is 2.38. The third-order valence-electron chi connectivity index (χ3n) is 4.62. The van der Waals surface area contributed by atoms with Gasteiger partial charge in [-0.2, -0.15) is 5.26 Å². The first-order chi connectivity index (χ1) is 11.7. The number of halogens is 1. The Kier molecular flexibility index (Phi) is 4.60. The zero-order valence-electron chi connectivity index (χ0n) is 14.0. The summed E-state index contributed by atoms with van der Waals surface area (Å²) < 4.78 is 23.5. The van der Waals surface area contributed by atoms with Gasteiger partial charge in [0.25, 0.3) is 0 Å². The van der Waals surface area contributed by atoms with E-state index in [2.05, 4.69) is 11.0 Å². The second kappa shape index (κ2) is 6.43. The van der Waals surface area contributed by atoms with Gasteiger partial charge < -0.3 is 4.90 Å². The van der Waals surface area contributed by atoms with Gasteiger partial charge in [0, 0.05) is 24.0 Å². The van der Waals surface area contributed by atoms with Crippen molar-refractivity contribution in [1.82, 2.24) is 4.90 Å². The molecular weight excluding hydrogens is 358 g/mol. The van der Waals surface area contributed by atoms with Crippen molar-refractivity contribution >= 4 is 21.6 Å². The smallest absolute Gasteiger partial charge is 0.238 e. The molecule has 25 heavy (non-hydrogen) atoms. The van der Waals surface area contributed by atoms with Gasteiger partial charge >= 0.3 is 0 Å². The minimum Gasteiger partial charge on any atom is -0.301 e. The molecule has 0 fully saturated rings. The van der Waals surface area contributed by atoms with Crippen LogP contribution in [-0.2, 0) is 16.6 Å². The quantitative estimate of drug-likeness (QED) is 0.874. The molecule has 0 bridgehead atoms. The molecule has 1 aliphatic rings. The fourth-order valence-electron chi connectivity index (χ4n) is 3.43. The first-order valence-electron chi connectivity index (χ1n) is 7.75. The Morgan fingerprint density at radius 2 is 2.00 bits per heavy atom. The van der Waals surface area contributed by atoms with Gasteiger partial charge in [-0.25, -0.2) is 13.6 Å². The molecule has 2 N–H and O–H groups in total. The van der Waals surface area contributed by atoms with Gasteiger partial charge in [0.1, 0.15) is 0 Å². The number of rotatable bonds is 2. The maximum atomic E-state index is 11.7. The zero-order chi connectivity index (χ0) is 18.4. The van der Waals surface area contributed by atoms with Crippen LogP contribution in [0.25, 0.3) is 0 Å². The molecule has 0 saturated carbocycles. The van der Waals surface area contributed by atoms with Crippen molar-refractivity contribution in [2.75, 3.05) is 13.6 Å². The molecular formula is C18H18ClN3O2S. The van der Waals surface area contributed by atoms with Crippen molar-refractivity contribution in [3.63, 3.8) is 0 Å². The largest absolute Gasteiger partial charge is 0.301 e. The summed E-state index contributed by atoms with van der Waals surface area (Å²) in [7, 11) is -1.81. The van der Waals surface area contributed by atoms with E-state index in [1.807, 2.05) is 20.0 Å². The highest BCUT2D eigenvalue weighted by molar-refractivity contribution is 7.89. The number of nitriles is 1. The summed E-state index contributed by atoms with van der Waals surface area (Å²) in [5, 5.41) is 15.2. The standard InChI is InChI=1S/C18H18ClN3O2S/c1-11-3-4-14(25(21,23)24)7-15(11)18-10-22(2)9-17-12(8-20)5-13(19)6-16(17)18/h3-7,18H,9-10H2,1-2H3,(H2,21,23,24). The van der Waals surface area contributed by atoms with Crippen LogP contribution in [0, 0.1) is 18.3 Å². The van der Waals surface area contributed by atoms with Gasteiger partial charge in [-0.1, -0.05) is 17.7 Å². The number of primary sulfonamides is 1. The van der Waals surface area contributed by atoms with E-state index in [1.54, 1.807) is 18.2 Å². The van der Waals surface area contributed by atoms with Gasteiger partial charge in [0.2, 0.25) is 10.0 Å². The number of nitrogens with two attached hydrogens (primary N) is 1. The molecule has 2 aromatic carbocycles. The van der Waals surface area contributed by atoms with Gasteiger partial charge in [-0.3, -0.25) is 0 Å². The summed E-state index contributed by atoms with van der Waals surface area (Å²) in [6.45, 7) is 3.29. The van der Waals surface area contributed by atoms with Crippen molar-refractivity contribution in [2.45, 2.75) is 24.3 Å². The van der Waals surface area contributed by atoms with E-state index >= 15 is 0 Å². The van der Waals surface area contributed by atoms with Crippen LogP contribution in [0.5, 0.6) is 0 Å². The maximum absolute atomic E-state index is 11.7. The van der Waals surface area contributed by atoms with Crippen LogP contribution in [0.2, 0.25) is 5.02 Å². The average Bonchev–Trinajstić information content (AvgIpc) is 2.53. The highest BCUT2D eigenvalue weighted by Gasteiger charge is 2.29. The van der Waals surface area contributed by atoms with E-state index in [-0.39, 0.29) is 10.8 Å². The Morgan fingerprint density at radius 1 is 1.28 bits per heavy atom. The Morgan fingerprint density at radius 3 is 2.64 bits per heavy atom. The minimum atomic E-state index is -3.78. The fraction of sp³-hybridized carbons (Fsp3) is 0.278. The summed E-state index contributed by atoms with van der Waals surface area (Å²) in [6.07, 6.45) is 0. The molecule has 0 spiro atoms. The first-order valence-corrected chi connectivity index (χ1v) is 9.67. The lowest BCUT2D eigenvalue weighted by atomic mass is 9.81. The molecule has 0 amide bonds. The topological polar surface area (TPSA) is 87.2 Å². The first kappa shape index (κ1) is 17.9. The van der Waals surface area contributed by atoms with Gasteiger partial charge in [-0.15, -0.1) is 0 Å². The van der Waals surface area contributed by atoms with E-state index < -0.39 is 10.0 Å². The Labute approximate surface area is 152 Å². The number of hydrogen-bond acceptors (Lipinski definition) is 4. The summed E-state index contributed by atoms with van der Waals surface area (Å²) in [5.74, 6) is -0.0822. The third-order valence-corrected chi connectivity index (χ3v) is 5.75. The predicted molar refractivity (Wildman–Crippen MR) is 96.9 cm³/mol. The lowest BCUT2D eigenvalue weighted by Gasteiger charge is -2.34. The molecule has 0 aliphatic carbocycles. The van der Waals surface area contributed by atoms with E-state index in [4.69, 9.17) is 16.7 Å². The van der Waals surface area contributed by atoms with Crippen LogP contribution in [0.1, 0.15) is 33.7 Å². The molecule has 0 saturated heterocycles. The SMILES string of the molecule is Cc1ccc(S(N)(=O)=O)cc1C1CN(C)Cc2c(C#N)cc(Cl)cc21. The summed E-state index contributed by atoms with van der Waals surface area (Å²) in [5.41, 5.74) is 4.31. The third kappa shape index (κ3) is 3.42. The Hall–Kier alpha value is -1.91. The second-order valence-corrected chi connectivity index (χ2v) is 8.44. The van der Waals surface area contributed by atoms with Crippen LogP contribution in [-0.4, -0.2) is 26.9 Å². The lowest BCUT2D eigenvalue weighted by molar-refractivity contribution is 0.294. The molecule has 0 aromatic heterocycles. The van der Waals surface area contributed by atoms with Crippen LogP contribution < -0.4 is 5.14 Å². The molecule has 0 radical (unpaired) electrons. The van der Waals surface area contributed by atoms with Crippen molar-refractivity contribution in [1.29, 1.82) is 5.26 Å². The molecule has 3 rings (SSSR count). The molecule has 130 valence electrons. The fourth-order valence-corrected chi connectivity index (χ4v) is 4.20. The number of likely N-dealkylation sites (N-methyl/N-ethyl adjacent to an activating group) is 1. The van der Waals surface area contributed by atoms with Crippen molar-refractivity contribution in [3.8, 4) is 6.07 Å². The number of nitrogens with zero attached hydrogens (tertiary/aromatic N) is 2. The monoisotopic (exact) mass is 375 g/mol. The van der Waals surface area contributed by atoms with Crippen LogP contribution in [0.3, 0.4) is 0 Å². The van der Waals surface area contributed by atoms with Crippen LogP contribution >= 0.6 is 11.6 Å². The summed E-state index contributed by atoms with van der Waals surface area (Å²) >= 11 is 6.21. The van der Waals surface area contributed by atoms with Crippen LogP contribution in [0.4, 0.5) is 0 Å². The number of fused-ring (bicyclic) bond motifs is 1. The van der Waals surface area contributed by atoms with Crippen LogP contribution in [0.15, 0.2) is 35.2 Å². The van der Waals surface area contributed by atoms with Crippen molar-refractivity contribution < 1.29 is 8.42 Å². The predicted octanol–water partition coefficient (Wildman–Crippen LogP) is 2.74. The van der Waals surface area contributed by atoms with E-state index in [0.29, 0.717) is 23.7 Å². The number of benzene rings is 2. The molecule has 1 aliphatic heterocycles. The Bertz CT molecular complexity index is 996. The summed E-state index contributed by atoms with van der Waals surface area (Å²) in [4.78, 5) is 2.20. The molecule has 1 heterocycles. The normalized spacial score (nSPS) is 17.8. The minimum absolute atomic E-state index is 0.0822. The maximum Gasteiger partial charge on any atom is 0.238 e. The molecule has 2 aromatic rings. The van der Waals surface area contributed by atoms with Gasteiger partial charge in [-0.05, 0) is 60.5 Å². The van der Waals surface area contributed by atoms with Gasteiger partial charge in [0.15, 0.2) is 0 Å². The highest BCUT2D eigenvalue weighted by atomic mass is 35.5. The van der Waals surface area contributed by atoms with Gasteiger partial charge in [0.05, 0.1) is 16.5 Å². The van der Waals surface area contributed by atoms with Crippen molar-refractivity contribution in [3.05, 3.63) is 63.2 Å². The molecule has 1 atom stereocenters.